The second-order valence-electron chi connectivity index (χ2n) is 5.94. The van der Waals surface area contributed by atoms with Crippen molar-refractivity contribution in [2.45, 2.75) is 18.6 Å². The first-order valence-electron chi connectivity index (χ1n) is 7.79. The normalized spacial score (nSPS) is 19.7. The van der Waals surface area contributed by atoms with Crippen molar-refractivity contribution in [1.29, 1.82) is 0 Å². The molecule has 0 amide bonds. The lowest BCUT2D eigenvalue weighted by atomic mass is 10.1. The van der Waals surface area contributed by atoms with Crippen LogP contribution >= 0.6 is 0 Å². The predicted molar refractivity (Wildman–Crippen MR) is 86.2 cm³/mol. The number of likely N-dealkylation sites (tertiary alicyclic amines) is 1. The highest BCUT2D eigenvalue weighted by molar-refractivity contribution is 5.43. The molecule has 1 fully saturated rings. The molecular weight excluding hydrogens is 298 g/mol. The van der Waals surface area contributed by atoms with E-state index >= 15 is 0 Å². The van der Waals surface area contributed by atoms with Crippen LogP contribution in [0.1, 0.15) is 18.1 Å². The lowest BCUT2D eigenvalue weighted by Crippen LogP contribution is -2.30. The van der Waals surface area contributed by atoms with Crippen molar-refractivity contribution in [2.75, 3.05) is 25.0 Å². The quantitative estimate of drug-likeness (QED) is 0.889. The van der Waals surface area contributed by atoms with E-state index < -0.39 is 17.7 Å². The van der Waals surface area contributed by atoms with Gasteiger partial charge in [0.2, 0.25) is 0 Å². The van der Waals surface area contributed by atoms with Gasteiger partial charge in [0.1, 0.15) is 11.6 Å². The molecule has 2 unspecified atom stereocenters. The molecule has 1 heterocycles. The molecule has 2 atom stereocenters. The maximum atomic E-state index is 13.7. The number of nitrogens with one attached hydrogen (secondary N) is 1. The van der Waals surface area contributed by atoms with Gasteiger partial charge in [-0.05, 0) is 36.8 Å². The summed E-state index contributed by atoms with van der Waals surface area (Å²) >= 11 is 0. The van der Waals surface area contributed by atoms with Crippen LogP contribution in [-0.4, -0.2) is 35.7 Å². The van der Waals surface area contributed by atoms with Crippen LogP contribution in [0.4, 0.5) is 14.5 Å². The Labute approximate surface area is 134 Å². The van der Waals surface area contributed by atoms with Crippen LogP contribution in [0.5, 0.6) is 0 Å². The summed E-state index contributed by atoms with van der Waals surface area (Å²) in [6, 6.07) is 13.4. The van der Waals surface area contributed by atoms with Crippen molar-refractivity contribution in [3.8, 4) is 0 Å². The third-order valence-corrected chi connectivity index (χ3v) is 4.17. The molecule has 2 aromatic carbocycles. The number of β-amino-alcohol motifs (C(OH)–C–C–N with tert-alkyl or cyclic N) is 1. The second-order valence-corrected chi connectivity index (χ2v) is 5.94. The fraction of sp³-hybridized carbons (Fsp3) is 0.333. The highest BCUT2D eigenvalue weighted by Gasteiger charge is 2.25. The van der Waals surface area contributed by atoms with Gasteiger partial charge < -0.3 is 10.4 Å². The van der Waals surface area contributed by atoms with E-state index in [1.165, 1.54) is 0 Å². The van der Waals surface area contributed by atoms with Gasteiger partial charge in [-0.3, -0.25) is 4.90 Å². The number of hydrogen-bond donors (Lipinski definition) is 2. The Kier molecular flexibility index (Phi) is 4.88. The zero-order valence-electron chi connectivity index (χ0n) is 12.8. The van der Waals surface area contributed by atoms with E-state index in [2.05, 4.69) is 10.2 Å². The highest BCUT2D eigenvalue weighted by Crippen LogP contribution is 2.22. The molecule has 0 radical (unpaired) electrons. The maximum absolute atomic E-state index is 13.7. The first kappa shape index (κ1) is 15.9. The molecule has 1 saturated heterocycles. The largest absolute Gasteiger partial charge is 0.387 e. The molecule has 23 heavy (non-hydrogen) atoms. The Hall–Kier alpha value is -1.98. The van der Waals surface area contributed by atoms with E-state index in [1.807, 2.05) is 30.3 Å². The van der Waals surface area contributed by atoms with E-state index in [4.69, 9.17) is 0 Å². The summed E-state index contributed by atoms with van der Waals surface area (Å²) in [6.07, 6.45) is -0.0751. The number of hydrogen-bond acceptors (Lipinski definition) is 3. The molecule has 1 aliphatic heterocycles. The average Bonchev–Trinajstić information content (AvgIpc) is 2.97. The highest BCUT2D eigenvalue weighted by atomic mass is 19.1. The molecule has 2 aromatic rings. The number of rotatable bonds is 5. The number of aliphatic hydroxyl groups excluding tert-OH is 1. The molecule has 0 saturated carbocycles. The van der Waals surface area contributed by atoms with Gasteiger partial charge in [0.25, 0.3) is 0 Å². The molecule has 122 valence electrons. The van der Waals surface area contributed by atoms with E-state index in [0.717, 1.165) is 43.4 Å². The number of halogens is 2. The summed E-state index contributed by atoms with van der Waals surface area (Å²) in [5.74, 6) is -1.11. The van der Waals surface area contributed by atoms with Gasteiger partial charge in [0.15, 0.2) is 0 Å². The van der Waals surface area contributed by atoms with Crippen LogP contribution in [0, 0.1) is 11.6 Å². The van der Waals surface area contributed by atoms with Crippen LogP contribution in [0.3, 0.4) is 0 Å². The summed E-state index contributed by atoms with van der Waals surface area (Å²) in [7, 11) is 0. The number of para-hydroxylation sites is 1. The monoisotopic (exact) mass is 318 g/mol. The Morgan fingerprint density at radius 1 is 1.17 bits per heavy atom. The molecule has 0 aromatic heterocycles. The molecule has 2 N–H and O–H groups in total. The molecule has 3 rings (SSSR count). The van der Waals surface area contributed by atoms with Gasteiger partial charge in [0.05, 0.1) is 6.10 Å². The summed E-state index contributed by atoms with van der Waals surface area (Å²) < 4.78 is 26.9. The topological polar surface area (TPSA) is 35.5 Å². The maximum Gasteiger partial charge on any atom is 0.129 e. The van der Waals surface area contributed by atoms with Crippen LogP contribution in [0.15, 0.2) is 48.5 Å². The SMILES string of the molecule is OC(CN1CCC(Nc2ccccc2)C1)c1cc(F)ccc1F. The Bertz CT molecular complexity index is 651. The van der Waals surface area contributed by atoms with Crippen LogP contribution in [0.25, 0.3) is 0 Å². The minimum Gasteiger partial charge on any atom is -0.387 e. The lowest BCUT2D eigenvalue weighted by Gasteiger charge is -2.21. The number of benzene rings is 2. The predicted octanol–water partition coefficient (Wildman–Crippen LogP) is 3.18. The zero-order valence-corrected chi connectivity index (χ0v) is 12.8. The zero-order chi connectivity index (χ0) is 16.2. The lowest BCUT2D eigenvalue weighted by molar-refractivity contribution is 0.122. The Morgan fingerprint density at radius 2 is 1.96 bits per heavy atom. The van der Waals surface area contributed by atoms with Crippen molar-refractivity contribution in [3.05, 3.63) is 65.7 Å². The van der Waals surface area contributed by atoms with E-state index in [1.54, 1.807) is 0 Å². The molecule has 0 aliphatic carbocycles. The molecule has 0 bridgehead atoms. The first-order valence-corrected chi connectivity index (χ1v) is 7.79. The standard InChI is InChI=1S/C18H20F2N2O/c19-13-6-7-17(20)16(10-13)18(23)12-22-9-8-15(11-22)21-14-4-2-1-3-5-14/h1-7,10,15,18,21,23H,8-9,11-12H2. The summed E-state index contributed by atoms with van der Waals surface area (Å²) in [5.41, 5.74) is 1.08. The smallest absolute Gasteiger partial charge is 0.129 e. The van der Waals surface area contributed by atoms with Gasteiger partial charge in [-0.2, -0.15) is 0 Å². The van der Waals surface area contributed by atoms with Crippen LogP contribution in [-0.2, 0) is 0 Å². The molecule has 5 heteroatoms. The van der Waals surface area contributed by atoms with E-state index in [-0.39, 0.29) is 5.56 Å². The number of anilines is 1. The third kappa shape index (κ3) is 4.06. The van der Waals surface area contributed by atoms with Crippen molar-refractivity contribution >= 4 is 5.69 Å². The van der Waals surface area contributed by atoms with Crippen molar-refractivity contribution in [3.63, 3.8) is 0 Å². The van der Waals surface area contributed by atoms with E-state index in [9.17, 15) is 13.9 Å². The fourth-order valence-corrected chi connectivity index (χ4v) is 3.00. The van der Waals surface area contributed by atoms with Gasteiger partial charge in [-0.15, -0.1) is 0 Å². The first-order chi connectivity index (χ1) is 11.1. The average molecular weight is 318 g/mol. The second kappa shape index (κ2) is 7.06. The molecule has 3 nitrogen and oxygen atoms in total. The summed E-state index contributed by atoms with van der Waals surface area (Å²) in [4.78, 5) is 2.07. The van der Waals surface area contributed by atoms with Gasteiger partial charge >= 0.3 is 0 Å². The Morgan fingerprint density at radius 3 is 2.74 bits per heavy atom. The minimum atomic E-state index is -1.03. The summed E-state index contributed by atoms with van der Waals surface area (Å²) in [5, 5.41) is 13.6. The number of nitrogens with zero attached hydrogens (tertiary/aromatic N) is 1. The van der Waals surface area contributed by atoms with Gasteiger partial charge in [-0.25, -0.2) is 8.78 Å². The molecular formula is C18H20F2N2O. The van der Waals surface area contributed by atoms with Crippen molar-refractivity contribution in [2.24, 2.45) is 0 Å². The Balaban J connectivity index is 1.56. The van der Waals surface area contributed by atoms with Crippen molar-refractivity contribution in [1.82, 2.24) is 4.90 Å². The molecule has 0 spiro atoms. The number of aliphatic hydroxyl groups is 1. The van der Waals surface area contributed by atoms with Gasteiger partial charge in [-0.1, -0.05) is 18.2 Å². The van der Waals surface area contributed by atoms with Gasteiger partial charge in [0, 0.05) is 36.9 Å². The molecule has 1 aliphatic rings. The minimum absolute atomic E-state index is 0.0180. The van der Waals surface area contributed by atoms with Crippen molar-refractivity contribution < 1.29 is 13.9 Å². The van der Waals surface area contributed by atoms with E-state index in [0.29, 0.717) is 12.6 Å². The fourth-order valence-electron chi connectivity index (χ4n) is 3.00. The third-order valence-electron chi connectivity index (χ3n) is 4.17. The summed E-state index contributed by atoms with van der Waals surface area (Å²) in [6.45, 7) is 1.88. The van der Waals surface area contributed by atoms with Crippen LogP contribution in [0.2, 0.25) is 0 Å². The van der Waals surface area contributed by atoms with Crippen LogP contribution < -0.4 is 5.32 Å².